The van der Waals surface area contributed by atoms with E-state index in [1.807, 2.05) is 19.3 Å². The minimum absolute atomic E-state index is 0.514. The van der Waals surface area contributed by atoms with Crippen LogP contribution in [0.1, 0.15) is 11.1 Å². The molecule has 0 saturated heterocycles. The lowest BCUT2D eigenvalue weighted by Crippen LogP contribution is -1.84. The molecule has 2 aromatic rings. The lowest BCUT2D eigenvalue weighted by Gasteiger charge is -1.98. The summed E-state index contributed by atoms with van der Waals surface area (Å²) >= 11 is 3.04. The molecule has 0 bridgehead atoms. The average molecular weight is 238 g/mol. The summed E-state index contributed by atoms with van der Waals surface area (Å²) < 4.78 is 0.897. The van der Waals surface area contributed by atoms with Crippen molar-refractivity contribution < 1.29 is 0 Å². The van der Waals surface area contributed by atoms with E-state index in [-0.39, 0.29) is 0 Å². The van der Waals surface area contributed by atoms with Gasteiger partial charge in [-0.25, -0.2) is 0 Å². The minimum Gasteiger partial charge on any atom is -0.374 e. The Balaban J connectivity index is 1.99. The molecule has 4 nitrogen and oxygen atoms in total. The maximum atomic E-state index is 5.49. The number of nitrogens with zero attached hydrogens (tertiary/aromatic N) is 3. The molecule has 0 radical (unpaired) electrons. The Morgan fingerprint density at radius 2 is 2.27 bits per heavy atom. The second-order valence-corrected chi connectivity index (χ2v) is 5.30. The first-order valence-corrected chi connectivity index (χ1v) is 6.16. The molecule has 0 fully saturated rings. The summed E-state index contributed by atoms with van der Waals surface area (Å²) in [6.45, 7) is 2.03. The summed E-state index contributed by atoms with van der Waals surface area (Å²) in [7, 11) is 0. The number of aryl methyl sites for hydroxylation is 1. The van der Waals surface area contributed by atoms with Gasteiger partial charge in [-0.2, -0.15) is 0 Å². The number of aromatic nitrogens is 3. The van der Waals surface area contributed by atoms with Crippen LogP contribution in [0, 0.1) is 6.92 Å². The van der Waals surface area contributed by atoms with Crippen molar-refractivity contribution in [3.63, 3.8) is 0 Å². The van der Waals surface area contributed by atoms with Crippen LogP contribution in [0.25, 0.3) is 0 Å². The molecule has 0 amide bonds. The molecule has 0 aliphatic heterocycles. The maximum Gasteiger partial charge on any atom is 0.203 e. The van der Waals surface area contributed by atoms with Crippen LogP contribution in [0.5, 0.6) is 0 Å². The lowest BCUT2D eigenvalue weighted by atomic mass is 10.2. The molecule has 0 aliphatic carbocycles. The van der Waals surface area contributed by atoms with E-state index >= 15 is 0 Å². The average Bonchev–Trinajstić information content (AvgIpc) is 2.62. The summed E-state index contributed by atoms with van der Waals surface area (Å²) in [5, 5.41) is 8.21. The van der Waals surface area contributed by atoms with E-state index in [0.29, 0.717) is 5.13 Å². The quantitative estimate of drug-likeness (QED) is 0.830. The van der Waals surface area contributed by atoms with Crippen molar-refractivity contribution in [3.8, 4) is 0 Å². The molecular formula is C9H10N4S2. The fraction of sp³-hybridized carbons (Fsp3) is 0.222. The molecule has 0 aliphatic rings. The van der Waals surface area contributed by atoms with Crippen LogP contribution >= 0.6 is 23.1 Å². The van der Waals surface area contributed by atoms with E-state index in [1.165, 1.54) is 22.5 Å². The van der Waals surface area contributed by atoms with Crippen molar-refractivity contribution in [2.75, 3.05) is 5.73 Å². The number of thioether (sulfide) groups is 1. The Hall–Kier alpha value is -1.14. The number of pyridine rings is 1. The van der Waals surface area contributed by atoms with Crippen molar-refractivity contribution in [1.82, 2.24) is 15.2 Å². The van der Waals surface area contributed by atoms with Gasteiger partial charge in [-0.05, 0) is 18.1 Å². The highest BCUT2D eigenvalue weighted by molar-refractivity contribution is 8.00. The van der Waals surface area contributed by atoms with Gasteiger partial charge >= 0.3 is 0 Å². The number of nitrogen functional groups attached to an aromatic ring is 1. The van der Waals surface area contributed by atoms with E-state index in [1.54, 1.807) is 11.8 Å². The van der Waals surface area contributed by atoms with Crippen molar-refractivity contribution in [2.24, 2.45) is 0 Å². The molecule has 2 aromatic heterocycles. The molecule has 6 heteroatoms. The topological polar surface area (TPSA) is 64.7 Å². The molecule has 0 saturated carbocycles. The van der Waals surface area contributed by atoms with Gasteiger partial charge in [0.1, 0.15) is 0 Å². The van der Waals surface area contributed by atoms with Gasteiger partial charge in [0.05, 0.1) is 0 Å². The minimum atomic E-state index is 0.514. The number of nitrogens with two attached hydrogens (primary N) is 1. The predicted octanol–water partition coefficient (Wildman–Crippen LogP) is 2.12. The van der Waals surface area contributed by atoms with Crippen molar-refractivity contribution >= 4 is 28.2 Å². The van der Waals surface area contributed by atoms with Gasteiger partial charge in [0.2, 0.25) is 5.13 Å². The van der Waals surface area contributed by atoms with Crippen LogP contribution in [-0.2, 0) is 5.75 Å². The monoisotopic (exact) mass is 238 g/mol. The Bertz CT molecular complexity index is 455. The van der Waals surface area contributed by atoms with E-state index in [4.69, 9.17) is 5.73 Å². The third kappa shape index (κ3) is 2.90. The standard InChI is InChI=1S/C9H10N4S2/c1-6-2-7(4-11-3-6)5-14-9-13-12-8(10)15-9/h2-4H,5H2,1H3,(H2,10,12). The summed E-state index contributed by atoms with van der Waals surface area (Å²) in [6, 6.07) is 2.12. The molecule has 0 atom stereocenters. The third-order valence-electron chi connectivity index (χ3n) is 1.72. The highest BCUT2D eigenvalue weighted by atomic mass is 32.2. The SMILES string of the molecule is Cc1cncc(CSc2nnc(N)s2)c1. The first kappa shape index (κ1) is 10.4. The molecule has 0 spiro atoms. The van der Waals surface area contributed by atoms with E-state index < -0.39 is 0 Å². The smallest absolute Gasteiger partial charge is 0.203 e. The highest BCUT2D eigenvalue weighted by Crippen LogP contribution is 2.26. The zero-order valence-corrected chi connectivity index (χ0v) is 9.81. The predicted molar refractivity (Wildman–Crippen MR) is 62.9 cm³/mol. The van der Waals surface area contributed by atoms with Gasteiger partial charge in [-0.15, -0.1) is 10.2 Å². The third-order valence-corrected chi connectivity index (χ3v) is 3.67. The largest absolute Gasteiger partial charge is 0.374 e. The van der Waals surface area contributed by atoms with E-state index in [9.17, 15) is 0 Å². The van der Waals surface area contributed by atoms with Crippen LogP contribution in [0.4, 0.5) is 5.13 Å². The first-order valence-electron chi connectivity index (χ1n) is 4.36. The van der Waals surface area contributed by atoms with Gasteiger partial charge in [0.15, 0.2) is 4.34 Å². The number of hydrogen-bond acceptors (Lipinski definition) is 6. The van der Waals surface area contributed by atoms with Crippen molar-refractivity contribution in [3.05, 3.63) is 29.6 Å². The van der Waals surface area contributed by atoms with E-state index in [2.05, 4.69) is 21.2 Å². The summed E-state index contributed by atoms with van der Waals surface area (Å²) in [4.78, 5) is 4.13. The lowest BCUT2D eigenvalue weighted by molar-refractivity contribution is 1.02. The fourth-order valence-corrected chi connectivity index (χ4v) is 2.68. The zero-order chi connectivity index (χ0) is 10.7. The molecule has 2 N–H and O–H groups in total. The van der Waals surface area contributed by atoms with Gasteiger partial charge in [-0.3, -0.25) is 4.98 Å². The molecule has 0 aromatic carbocycles. The van der Waals surface area contributed by atoms with Crippen LogP contribution in [0.2, 0.25) is 0 Å². The van der Waals surface area contributed by atoms with Gasteiger partial charge in [0, 0.05) is 18.1 Å². The summed E-state index contributed by atoms with van der Waals surface area (Å²) in [6.07, 6.45) is 3.71. The summed E-state index contributed by atoms with van der Waals surface area (Å²) in [5.41, 5.74) is 7.85. The van der Waals surface area contributed by atoms with Crippen LogP contribution in [0.15, 0.2) is 22.8 Å². The van der Waals surface area contributed by atoms with Crippen molar-refractivity contribution in [1.29, 1.82) is 0 Å². The molecule has 15 heavy (non-hydrogen) atoms. The Kier molecular flexibility index (Phi) is 3.17. The van der Waals surface area contributed by atoms with Crippen LogP contribution < -0.4 is 5.73 Å². The Morgan fingerprint density at radius 3 is 2.93 bits per heavy atom. The molecule has 0 unspecified atom stereocenters. The molecule has 2 heterocycles. The van der Waals surface area contributed by atoms with Gasteiger partial charge in [0.25, 0.3) is 0 Å². The first-order chi connectivity index (χ1) is 7.24. The Morgan fingerprint density at radius 1 is 1.40 bits per heavy atom. The fourth-order valence-electron chi connectivity index (χ4n) is 1.12. The molecular weight excluding hydrogens is 228 g/mol. The molecule has 78 valence electrons. The second kappa shape index (κ2) is 4.59. The van der Waals surface area contributed by atoms with Crippen LogP contribution in [0.3, 0.4) is 0 Å². The van der Waals surface area contributed by atoms with Gasteiger partial charge in [-0.1, -0.05) is 29.2 Å². The van der Waals surface area contributed by atoms with Crippen molar-refractivity contribution in [2.45, 2.75) is 17.0 Å². The molecule has 2 rings (SSSR count). The number of rotatable bonds is 3. The van der Waals surface area contributed by atoms with E-state index in [0.717, 1.165) is 10.1 Å². The number of anilines is 1. The maximum absolute atomic E-state index is 5.49. The number of hydrogen-bond donors (Lipinski definition) is 1. The normalized spacial score (nSPS) is 10.5. The van der Waals surface area contributed by atoms with Gasteiger partial charge < -0.3 is 5.73 Å². The highest BCUT2D eigenvalue weighted by Gasteiger charge is 2.02. The summed E-state index contributed by atoms with van der Waals surface area (Å²) in [5.74, 6) is 0.851. The zero-order valence-electron chi connectivity index (χ0n) is 8.17. The van der Waals surface area contributed by atoms with Crippen LogP contribution in [-0.4, -0.2) is 15.2 Å². The Labute approximate surface area is 95.9 Å². The second-order valence-electron chi connectivity index (χ2n) is 3.07.